The van der Waals surface area contributed by atoms with Crippen LogP contribution >= 0.6 is 11.6 Å². The smallest absolute Gasteiger partial charge is 0.350 e. The lowest BCUT2D eigenvalue weighted by Gasteiger charge is -2.16. The lowest BCUT2D eigenvalue weighted by molar-refractivity contribution is 0.264. The molecule has 1 N–H and O–H groups in total. The number of aliphatic hydroxyl groups excluding tert-OH is 1. The van der Waals surface area contributed by atoms with E-state index in [2.05, 4.69) is 5.10 Å². The van der Waals surface area contributed by atoms with Gasteiger partial charge < -0.3 is 5.11 Å². The Balaban J connectivity index is 2.06. The first-order valence-corrected chi connectivity index (χ1v) is 10.6. The Kier molecular flexibility index (Phi) is 5.75. The number of hydrogen-bond acceptors (Lipinski definition) is 4. The van der Waals surface area contributed by atoms with Crippen molar-refractivity contribution in [3.8, 4) is 11.4 Å². The van der Waals surface area contributed by atoms with Gasteiger partial charge in [0.05, 0.1) is 16.1 Å². The van der Waals surface area contributed by atoms with Gasteiger partial charge in [0.15, 0.2) is 5.82 Å². The fourth-order valence-corrected chi connectivity index (χ4v) is 4.08. The minimum absolute atomic E-state index is 0.0110. The summed E-state index contributed by atoms with van der Waals surface area (Å²) < 4.78 is 18.8. The standard InChI is InChI=1S/C23H22ClFN4O3/c1-4-27-21(12-30)26-29(23(27)32)20-10-14-15(9-18(20)25)22(31)28(11-16(14)13(2)3)19-8-6-5-7-17(19)24/h5-11,13,30H,4,12H2,1-3H3. The topological polar surface area (TPSA) is 82.0 Å². The molecule has 9 heteroatoms. The Morgan fingerprint density at radius 3 is 2.44 bits per heavy atom. The van der Waals surface area contributed by atoms with Crippen molar-refractivity contribution >= 4 is 22.4 Å². The first-order valence-electron chi connectivity index (χ1n) is 10.2. The molecule has 166 valence electrons. The zero-order valence-corrected chi connectivity index (χ0v) is 18.6. The van der Waals surface area contributed by atoms with E-state index in [-0.39, 0.29) is 29.4 Å². The highest BCUT2D eigenvalue weighted by Crippen LogP contribution is 2.29. The molecule has 0 aliphatic rings. The van der Waals surface area contributed by atoms with E-state index in [1.54, 1.807) is 37.4 Å². The Morgan fingerprint density at radius 2 is 1.84 bits per heavy atom. The first kappa shape index (κ1) is 22.0. The van der Waals surface area contributed by atoms with Crippen molar-refractivity contribution in [2.45, 2.75) is 39.8 Å². The van der Waals surface area contributed by atoms with Gasteiger partial charge in [0, 0.05) is 12.7 Å². The van der Waals surface area contributed by atoms with Crippen LogP contribution in [0.3, 0.4) is 0 Å². The average molecular weight is 457 g/mol. The second-order valence-electron chi connectivity index (χ2n) is 7.73. The summed E-state index contributed by atoms with van der Waals surface area (Å²) >= 11 is 6.31. The number of halogens is 2. The zero-order chi connectivity index (χ0) is 23.2. The predicted molar refractivity (Wildman–Crippen MR) is 122 cm³/mol. The molecule has 0 saturated heterocycles. The molecule has 4 rings (SSSR count). The van der Waals surface area contributed by atoms with Crippen LogP contribution in [0.4, 0.5) is 4.39 Å². The number of pyridine rings is 1. The van der Waals surface area contributed by atoms with Gasteiger partial charge in [0.25, 0.3) is 5.56 Å². The number of para-hydroxylation sites is 1. The van der Waals surface area contributed by atoms with Crippen molar-refractivity contribution in [2.75, 3.05) is 0 Å². The molecule has 32 heavy (non-hydrogen) atoms. The highest BCUT2D eigenvalue weighted by Gasteiger charge is 2.20. The Morgan fingerprint density at radius 1 is 1.12 bits per heavy atom. The normalized spacial score (nSPS) is 11.6. The van der Waals surface area contributed by atoms with Gasteiger partial charge in [-0.05, 0) is 48.1 Å². The molecule has 0 saturated carbocycles. The maximum absolute atomic E-state index is 15.2. The average Bonchev–Trinajstić information content (AvgIpc) is 3.09. The monoisotopic (exact) mass is 456 g/mol. The van der Waals surface area contributed by atoms with Crippen LogP contribution in [-0.2, 0) is 13.2 Å². The van der Waals surface area contributed by atoms with Crippen LogP contribution < -0.4 is 11.2 Å². The maximum atomic E-state index is 15.2. The number of hydrogen-bond donors (Lipinski definition) is 1. The van der Waals surface area contributed by atoms with Crippen LogP contribution in [0.5, 0.6) is 0 Å². The van der Waals surface area contributed by atoms with E-state index < -0.39 is 23.7 Å². The van der Waals surface area contributed by atoms with Crippen molar-refractivity contribution in [2.24, 2.45) is 0 Å². The number of benzene rings is 2. The van der Waals surface area contributed by atoms with E-state index in [9.17, 15) is 14.7 Å². The summed E-state index contributed by atoms with van der Waals surface area (Å²) in [5, 5.41) is 14.7. The van der Waals surface area contributed by atoms with Gasteiger partial charge in [-0.25, -0.2) is 9.18 Å². The van der Waals surface area contributed by atoms with E-state index in [1.807, 2.05) is 13.8 Å². The number of nitrogens with zero attached hydrogens (tertiary/aromatic N) is 4. The summed E-state index contributed by atoms with van der Waals surface area (Å²) in [6.07, 6.45) is 1.70. The number of fused-ring (bicyclic) bond motifs is 1. The summed E-state index contributed by atoms with van der Waals surface area (Å²) in [6, 6.07) is 9.53. The van der Waals surface area contributed by atoms with Crippen molar-refractivity contribution in [1.29, 1.82) is 0 Å². The molecule has 4 aromatic rings. The quantitative estimate of drug-likeness (QED) is 0.495. The first-order chi connectivity index (χ1) is 15.3. The lowest BCUT2D eigenvalue weighted by atomic mass is 9.97. The Hall–Kier alpha value is -3.23. The lowest BCUT2D eigenvalue weighted by Crippen LogP contribution is -2.25. The van der Waals surface area contributed by atoms with E-state index in [4.69, 9.17) is 11.6 Å². The van der Waals surface area contributed by atoms with Crippen LogP contribution in [0, 0.1) is 5.82 Å². The van der Waals surface area contributed by atoms with Gasteiger partial charge in [-0.15, -0.1) is 5.10 Å². The third-order valence-corrected chi connectivity index (χ3v) is 5.79. The highest BCUT2D eigenvalue weighted by atomic mass is 35.5. The Bertz CT molecular complexity index is 1450. The van der Waals surface area contributed by atoms with Gasteiger partial charge in [0.1, 0.15) is 18.1 Å². The van der Waals surface area contributed by atoms with Gasteiger partial charge in [-0.1, -0.05) is 37.6 Å². The molecular formula is C23H22ClFN4O3. The minimum atomic E-state index is -0.770. The molecule has 2 aromatic carbocycles. The summed E-state index contributed by atoms with van der Waals surface area (Å²) in [6.45, 7) is 5.48. The maximum Gasteiger partial charge on any atom is 0.350 e. The fourth-order valence-electron chi connectivity index (χ4n) is 3.85. The molecule has 2 aromatic heterocycles. The second-order valence-corrected chi connectivity index (χ2v) is 8.14. The molecular weight excluding hydrogens is 435 g/mol. The molecule has 0 atom stereocenters. The van der Waals surface area contributed by atoms with E-state index in [1.165, 1.54) is 15.2 Å². The Labute approximate surface area is 187 Å². The van der Waals surface area contributed by atoms with Crippen LogP contribution in [-0.4, -0.2) is 24.0 Å². The summed E-state index contributed by atoms with van der Waals surface area (Å²) in [5.41, 5.74) is 0.209. The third-order valence-electron chi connectivity index (χ3n) is 5.47. The molecule has 0 aliphatic heterocycles. The highest BCUT2D eigenvalue weighted by molar-refractivity contribution is 6.32. The van der Waals surface area contributed by atoms with Gasteiger partial charge in [0.2, 0.25) is 0 Å². The molecule has 0 fully saturated rings. The van der Waals surface area contributed by atoms with Gasteiger partial charge in [-0.2, -0.15) is 4.68 Å². The third kappa shape index (κ3) is 3.45. The summed E-state index contributed by atoms with van der Waals surface area (Å²) in [7, 11) is 0. The van der Waals surface area contributed by atoms with E-state index >= 15 is 4.39 Å². The summed E-state index contributed by atoms with van der Waals surface area (Å²) in [5.74, 6) is -0.646. The SMILES string of the molecule is CCn1c(CO)nn(-c2cc3c(C(C)C)cn(-c4ccccc4Cl)c(=O)c3cc2F)c1=O. The zero-order valence-electron chi connectivity index (χ0n) is 17.8. The minimum Gasteiger partial charge on any atom is -0.388 e. The molecule has 0 aliphatic carbocycles. The molecule has 7 nitrogen and oxygen atoms in total. The fraction of sp³-hybridized carbons (Fsp3) is 0.261. The van der Waals surface area contributed by atoms with Crippen molar-refractivity contribution in [3.63, 3.8) is 0 Å². The van der Waals surface area contributed by atoms with Crippen LogP contribution in [0.15, 0.2) is 52.2 Å². The van der Waals surface area contributed by atoms with Crippen LogP contribution in [0.1, 0.15) is 38.1 Å². The number of aromatic nitrogens is 4. The van der Waals surface area contributed by atoms with Crippen LogP contribution in [0.2, 0.25) is 5.02 Å². The van der Waals surface area contributed by atoms with E-state index in [0.29, 0.717) is 16.1 Å². The molecule has 0 spiro atoms. The van der Waals surface area contributed by atoms with Gasteiger partial charge in [-0.3, -0.25) is 13.9 Å². The molecule has 0 radical (unpaired) electrons. The molecule has 0 bridgehead atoms. The summed E-state index contributed by atoms with van der Waals surface area (Å²) in [4.78, 5) is 26.0. The molecule has 0 amide bonds. The number of rotatable bonds is 5. The van der Waals surface area contributed by atoms with Gasteiger partial charge >= 0.3 is 5.69 Å². The number of aliphatic hydroxyl groups is 1. The molecule has 2 heterocycles. The largest absolute Gasteiger partial charge is 0.388 e. The molecule has 0 unspecified atom stereocenters. The van der Waals surface area contributed by atoms with Crippen molar-refractivity contribution < 1.29 is 9.50 Å². The predicted octanol–water partition coefficient (Wildman–Crippen LogP) is 3.77. The second kappa shape index (κ2) is 8.37. The van der Waals surface area contributed by atoms with Crippen LogP contribution in [0.25, 0.3) is 22.1 Å². The van der Waals surface area contributed by atoms with Crippen molar-refractivity contribution in [3.05, 3.63) is 85.7 Å². The van der Waals surface area contributed by atoms with Crippen molar-refractivity contribution in [1.82, 2.24) is 18.9 Å². The van der Waals surface area contributed by atoms with E-state index in [0.717, 1.165) is 16.3 Å².